The maximum absolute atomic E-state index is 14.2. The van der Waals surface area contributed by atoms with Gasteiger partial charge in [-0.1, -0.05) is 251 Å². The number of hydrogen-bond acceptors (Lipinski definition) is 13. The summed E-state index contributed by atoms with van der Waals surface area (Å²) < 4.78 is 27.9. The molecule has 1 N–H and O–H groups in total. The summed E-state index contributed by atoms with van der Waals surface area (Å²) in [7, 11) is 0. The molecule has 0 saturated heterocycles. The standard InChI is InChI=1S/C72H72O8S4.C2H6O/c1-69(2,3)49-33-57-65(77-41-53(73)45-25-17-13-18-26-45)58(34-49)82-60-36-51(71(7,8)9)38-62(67(60)79-43-55(75)47-29-21-15-22-30-47)84-64-40-52(72(10,11)12)39-63(68(64)80-44-56(76)48-31-23-16-24-32-48)83-61-37-50(70(4,5)6)35-59(81-57)66(61)78-42-54(74)46-27-19-14-20-28-46;1-2-3/h13-40H,41-44H2,1-12H3;3H,2H2,1H3. The number of rotatable bonds is 16. The molecule has 13 heteroatoms. The molecule has 8 aromatic rings. The average molecular weight is 1240 g/mol. The molecule has 8 bridgehead atoms. The molecule has 0 amide bonds. The van der Waals surface area contributed by atoms with Gasteiger partial charge in [0.15, 0.2) is 49.6 Å². The Labute approximate surface area is 531 Å². The number of benzene rings is 8. The van der Waals surface area contributed by atoms with Crippen LogP contribution in [0.25, 0.3) is 0 Å². The molecular weight excluding hydrogens is 1160 g/mol. The molecular formula is C74H78O9S4. The van der Waals surface area contributed by atoms with Crippen molar-refractivity contribution in [3.05, 3.63) is 214 Å². The number of aliphatic hydroxyl groups excluding tert-OH is 1. The van der Waals surface area contributed by atoms with Crippen molar-refractivity contribution in [2.24, 2.45) is 0 Å². The molecule has 0 aliphatic carbocycles. The van der Waals surface area contributed by atoms with Crippen molar-refractivity contribution in [2.45, 2.75) is 151 Å². The summed E-state index contributed by atoms with van der Waals surface area (Å²) in [5.74, 6) is 1.09. The summed E-state index contributed by atoms with van der Waals surface area (Å²) in [6.07, 6.45) is 0. The van der Waals surface area contributed by atoms with Gasteiger partial charge in [0.1, 0.15) is 23.0 Å². The van der Waals surface area contributed by atoms with Crippen LogP contribution in [-0.4, -0.2) is 61.3 Å². The maximum Gasteiger partial charge on any atom is 0.200 e. The third-order valence-electron chi connectivity index (χ3n) is 14.2. The van der Waals surface area contributed by atoms with Crippen LogP contribution in [0.4, 0.5) is 0 Å². The lowest BCUT2D eigenvalue weighted by Gasteiger charge is -2.28. The van der Waals surface area contributed by atoms with Crippen molar-refractivity contribution in [1.82, 2.24) is 0 Å². The number of ether oxygens (including phenoxy) is 4. The van der Waals surface area contributed by atoms with Gasteiger partial charge in [0.2, 0.25) is 0 Å². The number of fused-ring (bicyclic) bond motifs is 8. The van der Waals surface area contributed by atoms with Gasteiger partial charge in [-0.3, -0.25) is 19.2 Å². The zero-order valence-electron chi connectivity index (χ0n) is 52.0. The molecule has 9 nitrogen and oxygen atoms in total. The molecule has 9 rings (SSSR count). The van der Waals surface area contributed by atoms with Gasteiger partial charge >= 0.3 is 0 Å². The fraction of sp³-hybridized carbons (Fsp3) is 0.297. The van der Waals surface area contributed by atoms with E-state index in [-0.39, 0.29) is 77.8 Å². The van der Waals surface area contributed by atoms with Crippen LogP contribution >= 0.6 is 47.0 Å². The van der Waals surface area contributed by atoms with Crippen LogP contribution in [0.2, 0.25) is 0 Å². The van der Waals surface area contributed by atoms with E-state index in [0.717, 1.165) is 22.3 Å². The van der Waals surface area contributed by atoms with E-state index < -0.39 is 0 Å². The van der Waals surface area contributed by atoms with Crippen molar-refractivity contribution >= 4 is 70.2 Å². The van der Waals surface area contributed by atoms with E-state index in [0.29, 0.717) is 84.4 Å². The first-order chi connectivity index (χ1) is 41.2. The average Bonchev–Trinajstić information content (AvgIpc) is 2.56. The summed E-state index contributed by atoms with van der Waals surface area (Å²) in [5, 5.41) is 7.57. The van der Waals surface area contributed by atoms with Gasteiger partial charge in [0, 0.05) is 28.9 Å². The molecule has 0 atom stereocenters. The topological polar surface area (TPSA) is 125 Å². The van der Waals surface area contributed by atoms with Crippen molar-refractivity contribution in [3.63, 3.8) is 0 Å². The molecule has 452 valence electrons. The fourth-order valence-corrected chi connectivity index (χ4v) is 13.9. The van der Waals surface area contributed by atoms with E-state index >= 15 is 0 Å². The van der Waals surface area contributed by atoms with E-state index in [1.807, 2.05) is 72.8 Å². The normalized spacial score (nSPS) is 12.5. The Morgan fingerprint density at radius 1 is 0.310 bits per heavy atom. The molecule has 0 saturated carbocycles. The molecule has 0 radical (unpaired) electrons. The molecule has 1 aliphatic heterocycles. The second-order valence-corrected chi connectivity index (χ2v) is 29.6. The zero-order chi connectivity index (χ0) is 62.8. The third kappa shape index (κ3) is 17.2. The Bertz CT molecular complexity index is 3160. The number of hydrogen-bond donors (Lipinski definition) is 1. The van der Waals surface area contributed by atoms with Crippen LogP contribution in [0.3, 0.4) is 0 Å². The van der Waals surface area contributed by atoms with Crippen LogP contribution in [0.1, 0.15) is 154 Å². The van der Waals surface area contributed by atoms with Crippen LogP contribution in [-0.2, 0) is 21.7 Å². The van der Waals surface area contributed by atoms with Crippen molar-refractivity contribution in [2.75, 3.05) is 33.0 Å². The van der Waals surface area contributed by atoms with E-state index in [2.05, 4.69) is 132 Å². The predicted octanol–water partition coefficient (Wildman–Crippen LogP) is 18.8. The summed E-state index contributed by atoms with van der Waals surface area (Å²) >= 11 is 5.81. The Kier molecular flexibility index (Phi) is 21.6. The van der Waals surface area contributed by atoms with Gasteiger partial charge in [0.25, 0.3) is 0 Å². The SMILES string of the molecule is CC(C)(C)c1cc2c(OCC(=O)c3ccccc3)c(c1)Sc1cc(C(C)(C)C)cc(c1OCC(=O)c1ccccc1)Sc1cc(C(C)(C)C)cc(c1OCC(=O)c1ccccc1)Sc1cc(C(C)(C)C)cc(c1OCC(=O)c1ccccc1)S2.CCO. The third-order valence-corrected chi connectivity index (χ3v) is 18.4. The van der Waals surface area contributed by atoms with Crippen LogP contribution in [0.5, 0.6) is 23.0 Å². The Morgan fingerprint density at radius 3 is 0.598 bits per heavy atom. The summed E-state index contributed by atoms with van der Waals surface area (Å²) in [4.78, 5) is 62.5. The first-order valence-corrected chi connectivity index (χ1v) is 32.4. The van der Waals surface area contributed by atoms with Gasteiger partial charge in [-0.2, -0.15) is 0 Å². The van der Waals surface area contributed by atoms with Gasteiger partial charge in [0.05, 0.1) is 39.2 Å². The highest BCUT2D eigenvalue weighted by Gasteiger charge is 2.32. The quantitative estimate of drug-likeness (QED) is 0.0924. The molecule has 8 aromatic carbocycles. The number of Topliss-reactive ketones (excluding diaryl/α,β-unsaturated/α-hetero) is 4. The number of aliphatic hydroxyl groups is 1. The van der Waals surface area contributed by atoms with Crippen LogP contribution in [0.15, 0.2) is 209 Å². The molecule has 0 spiro atoms. The smallest absolute Gasteiger partial charge is 0.200 e. The van der Waals surface area contributed by atoms with E-state index in [4.69, 9.17) is 24.1 Å². The second-order valence-electron chi connectivity index (χ2n) is 25.2. The maximum atomic E-state index is 14.2. The van der Waals surface area contributed by atoms with E-state index in [9.17, 15) is 19.2 Å². The van der Waals surface area contributed by atoms with Gasteiger partial charge in [-0.05, 0) is 99.4 Å². The predicted molar refractivity (Wildman–Crippen MR) is 355 cm³/mol. The molecule has 1 aliphatic rings. The van der Waals surface area contributed by atoms with Gasteiger partial charge in [-0.25, -0.2) is 0 Å². The van der Waals surface area contributed by atoms with Crippen LogP contribution < -0.4 is 18.9 Å². The summed E-state index contributed by atoms with van der Waals surface area (Å²) in [5.41, 5.74) is 4.51. The van der Waals surface area contributed by atoms with Crippen molar-refractivity contribution < 1.29 is 43.2 Å². The highest BCUT2D eigenvalue weighted by molar-refractivity contribution is 8.01. The number of carbonyl (C=O) groups excluding carboxylic acids is 4. The van der Waals surface area contributed by atoms with E-state index in [1.54, 1.807) is 55.5 Å². The number of carbonyl (C=O) groups is 4. The Morgan fingerprint density at radius 2 is 0.460 bits per heavy atom. The minimum atomic E-state index is -0.388. The highest BCUT2D eigenvalue weighted by atomic mass is 32.2. The van der Waals surface area contributed by atoms with Crippen molar-refractivity contribution in [1.29, 1.82) is 0 Å². The summed E-state index contributed by atoms with van der Waals surface area (Å²) in [6.45, 7) is 26.9. The van der Waals surface area contributed by atoms with Gasteiger partial charge < -0.3 is 24.1 Å². The van der Waals surface area contributed by atoms with Crippen LogP contribution in [0, 0.1) is 0 Å². The fourth-order valence-electron chi connectivity index (χ4n) is 9.07. The van der Waals surface area contributed by atoms with E-state index in [1.165, 1.54) is 47.0 Å². The Hall–Kier alpha value is -7.00. The molecule has 0 aromatic heterocycles. The van der Waals surface area contributed by atoms with Gasteiger partial charge in [-0.15, -0.1) is 0 Å². The molecule has 0 unspecified atom stereocenters. The first kappa shape index (κ1) is 66.0. The second kappa shape index (κ2) is 28.4. The zero-order valence-corrected chi connectivity index (χ0v) is 55.3. The minimum absolute atomic E-state index is 0.197. The Balaban J connectivity index is 0.00000321. The summed E-state index contributed by atoms with van der Waals surface area (Å²) in [6, 6.07) is 53.6. The first-order valence-electron chi connectivity index (χ1n) is 29.1. The lowest BCUT2D eigenvalue weighted by molar-refractivity contribution is 0.0911. The monoisotopic (exact) mass is 1240 g/mol. The lowest BCUT2D eigenvalue weighted by Crippen LogP contribution is -2.16. The van der Waals surface area contributed by atoms with Crippen molar-refractivity contribution in [3.8, 4) is 23.0 Å². The number of ketones is 4. The largest absolute Gasteiger partial charge is 0.483 e. The lowest BCUT2D eigenvalue weighted by atomic mass is 9.87. The molecule has 0 fully saturated rings. The molecule has 87 heavy (non-hydrogen) atoms. The minimum Gasteiger partial charge on any atom is -0.483 e. The highest BCUT2D eigenvalue weighted by Crippen LogP contribution is 2.56. The molecule has 1 heterocycles.